The van der Waals surface area contributed by atoms with Crippen LogP contribution in [0.5, 0.6) is 0 Å². The zero-order chi connectivity index (χ0) is 4.99. The third-order valence-corrected chi connectivity index (χ3v) is 0.466. The van der Waals surface area contributed by atoms with Crippen LogP contribution in [0.4, 0.5) is 0 Å². The molecule has 0 aromatic carbocycles. The third-order valence-electron chi connectivity index (χ3n) is 0.466. The Balaban J connectivity index is 3.22. The molecule has 0 radical (unpaired) electrons. The van der Waals surface area contributed by atoms with Gasteiger partial charge < -0.3 is 10.9 Å². The van der Waals surface area contributed by atoms with E-state index in [1.54, 1.807) is 6.92 Å². The molecular weight excluding hydrogens is 80.0 g/mol. The fourth-order valence-corrected chi connectivity index (χ4v) is 0.0408. The first-order valence-electron chi connectivity index (χ1n) is 1.69. The summed E-state index contributed by atoms with van der Waals surface area (Å²) in [6, 6.07) is 0. The van der Waals surface area contributed by atoms with Crippen molar-refractivity contribution in [2.45, 2.75) is 6.92 Å². The molecule has 0 saturated heterocycles. The van der Waals surface area contributed by atoms with Crippen molar-refractivity contribution in [1.29, 1.82) is 0 Å². The van der Waals surface area contributed by atoms with Crippen LogP contribution >= 0.6 is 0 Å². The lowest BCUT2D eigenvalue weighted by Gasteiger charge is -1.82. The van der Waals surface area contributed by atoms with Gasteiger partial charge in [-0.2, -0.15) is 0 Å². The summed E-state index contributed by atoms with van der Waals surface area (Å²) in [6.07, 6.45) is 0. The van der Waals surface area contributed by atoms with E-state index in [-0.39, 0.29) is 0 Å². The van der Waals surface area contributed by atoms with Gasteiger partial charge in [-0.1, -0.05) is 5.16 Å². The van der Waals surface area contributed by atoms with Crippen molar-refractivity contribution in [2.75, 3.05) is 6.54 Å². The summed E-state index contributed by atoms with van der Waals surface area (Å²) >= 11 is 0. The van der Waals surface area contributed by atoms with Gasteiger partial charge in [-0.15, -0.1) is 0 Å². The molecule has 0 bridgehead atoms. The van der Waals surface area contributed by atoms with Gasteiger partial charge in [-0.3, -0.25) is 0 Å². The van der Waals surface area contributed by atoms with Crippen LogP contribution in [0.25, 0.3) is 0 Å². The first-order chi connectivity index (χ1) is 2.81. The summed E-state index contributed by atoms with van der Waals surface area (Å²) in [7, 11) is 0. The van der Waals surface area contributed by atoms with Crippen molar-refractivity contribution in [2.24, 2.45) is 10.9 Å². The minimum absolute atomic E-state index is 0.330. The highest BCUT2D eigenvalue weighted by atomic mass is 16.4. The maximum atomic E-state index is 7.84. The highest BCUT2D eigenvalue weighted by Crippen LogP contribution is 1.63. The maximum absolute atomic E-state index is 7.84. The van der Waals surface area contributed by atoms with Crippen molar-refractivity contribution in [3.63, 3.8) is 0 Å². The van der Waals surface area contributed by atoms with Gasteiger partial charge in [0.05, 0.1) is 5.71 Å². The van der Waals surface area contributed by atoms with Gasteiger partial charge in [0.15, 0.2) is 0 Å². The molecule has 3 N–H and O–H groups in total. The second-order valence-electron chi connectivity index (χ2n) is 1.04. The Labute approximate surface area is 36.5 Å². The fraction of sp³-hybridized carbons (Fsp3) is 0.667. The number of nitrogens with zero attached hydrogens (tertiary/aromatic N) is 1. The van der Waals surface area contributed by atoms with Gasteiger partial charge in [0.25, 0.3) is 0 Å². The summed E-state index contributed by atoms with van der Waals surface area (Å²) in [6.45, 7) is 1.98. The topological polar surface area (TPSA) is 58.6 Å². The fourth-order valence-electron chi connectivity index (χ4n) is 0.0408. The Bertz CT molecular complexity index is 59.8. The van der Waals surface area contributed by atoms with E-state index >= 15 is 0 Å². The quantitative estimate of drug-likeness (QED) is 0.265. The zero-order valence-electron chi connectivity index (χ0n) is 3.68. The van der Waals surface area contributed by atoms with Crippen LogP contribution in [-0.4, -0.2) is 17.5 Å². The molecule has 3 heteroatoms. The van der Waals surface area contributed by atoms with E-state index in [2.05, 4.69) is 5.16 Å². The smallest absolute Gasteiger partial charge is 0.0675 e. The van der Waals surface area contributed by atoms with Crippen LogP contribution in [-0.2, 0) is 0 Å². The van der Waals surface area contributed by atoms with Crippen molar-refractivity contribution in [1.82, 2.24) is 0 Å². The monoisotopic (exact) mass is 88.1 g/mol. The van der Waals surface area contributed by atoms with Crippen LogP contribution in [0.3, 0.4) is 0 Å². The summed E-state index contributed by atoms with van der Waals surface area (Å²) in [5, 5.41) is 10.6. The first kappa shape index (κ1) is 5.43. The van der Waals surface area contributed by atoms with Crippen LogP contribution in [0.2, 0.25) is 0 Å². The Morgan fingerprint density at radius 2 is 2.50 bits per heavy atom. The van der Waals surface area contributed by atoms with E-state index in [1.807, 2.05) is 0 Å². The number of hydrogen-bond donors (Lipinski definition) is 2. The predicted molar refractivity (Wildman–Crippen MR) is 23.9 cm³/mol. The first-order valence-corrected chi connectivity index (χ1v) is 1.69. The van der Waals surface area contributed by atoms with Crippen LogP contribution in [0, 0.1) is 0 Å². The maximum Gasteiger partial charge on any atom is 0.0675 e. The lowest BCUT2D eigenvalue weighted by Crippen LogP contribution is -2.08. The molecule has 0 aliphatic carbocycles. The molecule has 0 aliphatic rings. The molecule has 0 aromatic rings. The van der Waals surface area contributed by atoms with Crippen molar-refractivity contribution < 1.29 is 5.21 Å². The molecule has 0 spiro atoms. The molecule has 3 nitrogen and oxygen atoms in total. The lowest BCUT2D eigenvalue weighted by molar-refractivity contribution is 0.318. The molecule has 36 valence electrons. The molecule has 0 unspecified atom stereocenters. The Morgan fingerprint density at radius 1 is 2.00 bits per heavy atom. The molecule has 0 amide bonds. The van der Waals surface area contributed by atoms with Crippen LogP contribution in [0.1, 0.15) is 6.92 Å². The van der Waals surface area contributed by atoms with E-state index in [4.69, 9.17) is 10.9 Å². The van der Waals surface area contributed by atoms with Gasteiger partial charge in [0.1, 0.15) is 0 Å². The van der Waals surface area contributed by atoms with Crippen molar-refractivity contribution >= 4 is 5.71 Å². The number of nitrogens with two attached hydrogens (primary N) is 1. The summed E-state index contributed by atoms with van der Waals surface area (Å²) < 4.78 is 0. The average Bonchev–Trinajstić information content (AvgIpc) is 1.65. The molecular formula is C3H8N2O. The van der Waals surface area contributed by atoms with Crippen LogP contribution in [0.15, 0.2) is 5.16 Å². The summed E-state index contributed by atoms with van der Waals surface area (Å²) in [4.78, 5) is 0. The van der Waals surface area contributed by atoms with E-state index in [0.717, 1.165) is 0 Å². The Kier molecular flexibility index (Phi) is 2.40. The third kappa shape index (κ3) is 1.72. The second-order valence-corrected chi connectivity index (χ2v) is 1.04. The van der Waals surface area contributed by atoms with Gasteiger partial charge in [-0.25, -0.2) is 0 Å². The number of oxime groups is 1. The lowest BCUT2D eigenvalue weighted by atomic mass is 10.4. The Morgan fingerprint density at radius 3 is 2.50 bits per heavy atom. The van der Waals surface area contributed by atoms with E-state index in [9.17, 15) is 0 Å². The minimum Gasteiger partial charge on any atom is -0.411 e. The van der Waals surface area contributed by atoms with E-state index in [0.29, 0.717) is 12.3 Å². The second kappa shape index (κ2) is 2.66. The molecule has 0 heterocycles. The largest absolute Gasteiger partial charge is 0.411 e. The predicted octanol–water partition coefficient (Wildman–Crippen LogP) is -0.205. The molecule has 0 fully saturated rings. The molecule has 0 aliphatic heterocycles. The van der Waals surface area contributed by atoms with Gasteiger partial charge in [-0.05, 0) is 6.92 Å². The normalized spacial score (nSPS) is 12.0. The highest BCUT2D eigenvalue weighted by Gasteiger charge is 1.77. The molecule has 0 atom stereocenters. The summed E-state index contributed by atoms with van der Waals surface area (Å²) in [5.41, 5.74) is 5.54. The molecule has 0 saturated carbocycles. The highest BCUT2D eigenvalue weighted by molar-refractivity contribution is 5.82. The average molecular weight is 88.1 g/mol. The standard InChI is InChI=1S/C3H8N2O/c1-3(2-4)5-6/h6H,2,4H2,1H3/b5-3-. The van der Waals surface area contributed by atoms with Crippen molar-refractivity contribution in [3.05, 3.63) is 0 Å². The summed E-state index contributed by atoms with van der Waals surface area (Å²) in [5.74, 6) is 0. The van der Waals surface area contributed by atoms with Gasteiger partial charge >= 0.3 is 0 Å². The minimum atomic E-state index is 0.330. The zero-order valence-corrected chi connectivity index (χ0v) is 3.68. The van der Waals surface area contributed by atoms with Crippen LogP contribution < -0.4 is 5.73 Å². The van der Waals surface area contributed by atoms with E-state index in [1.165, 1.54) is 0 Å². The molecule has 0 aromatic heterocycles. The molecule has 6 heavy (non-hydrogen) atoms. The number of hydrogen-bond acceptors (Lipinski definition) is 3. The number of rotatable bonds is 1. The van der Waals surface area contributed by atoms with Crippen molar-refractivity contribution in [3.8, 4) is 0 Å². The molecule has 0 rings (SSSR count). The van der Waals surface area contributed by atoms with E-state index < -0.39 is 0 Å². The van der Waals surface area contributed by atoms with Gasteiger partial charge in [0, 0.05) is 6.54 Å². The SMILES string of the molecule is C/C(CN)=N/O. The Hall–Kier alpha value is -0.570. The van der Waals surface area contributed by atoms with Gasteiger partial charge in [0.2, 0.25) is 0 Å².